The van der Waals surface area contributed by atoms with Gasteiger partial charge in [0.05, 0.1) is 17.7 Å². The summed E-state index contributed by atoms with van der Waals surface area (Å²) >= 11 is 0. The highest BCUT2D eigenvalue weighted by molar-refractivity contribution is 6.12. The van der Waals surface area contributed by atoms with Gasteiger partial charge in [0.15, 0.2) is 0 Å². The number of aryl methyl sites for hydroxylation is 1. The van der Waals surface area contributed by atoms with Crippen LogP contribution >= 0.6 is 0 Å². The van der Waals surface area contributed by atoms with E-state index in [-0.39, 0.29) is 18.2 Å². The highest BCUT2D eigenvalue weighted by Crippen LogP contribution is 2.32. The van der Waals surface area contributed by atoms with Crippen molar-refractivity contribution in [3.63, 3.8) is 0 Å². The molecule has 0 radical (unpaired) electrons. The Hall–Kier alpha value is -3.20. The second-order valence-corrected chi connectivity index (χ2v) is 7.33. The molecule has 0 bridgehead atoms. The van der Waals surface area contributed by atoms with Gasteiger partial charge in [0.2, 0.25) is 0 Å². The number of halogens is 4. The summed E-state index contributed by atoms with van der Waals surface area (Å²) in [5.74, 6) is -3.35. The minimum absolute atomic E-state index is 0.0446. The van der Waals surface area contributed by atoms with Crippen molar-refractivity contribution in [1.82, 2.24) is 10.2 Å². The molecule has 0 aliphatic carbocycles. The second kappa shape index (κ2) is 8.50. The number of hydrogen-bond donors (Lipinski definition) is 2. The molecule has 2 amide bonds. The number of rotatable bonds is 4. The summed E-state index contributed by atoms with van der Waals surface area (Å²) in [7, 11) is 0. The minimum Gasteiger partial charge on any atom is -0.394 e. The van der Waals surface area contributed by atoms with Gasteiger partial charge in [-0.15, -0.1) is 0 Å². The van der Waals surface area contributed by atoms with E-state index in [2.05, 4.69) is 5.32 Å². The summed E-state index contributed by atoms with van der Waals surface area (Å²) in [4.78, 5) is 27.1. The van der Waals surface area contributed by atoms with Gasteiger partial charge in [0.1, 0.15) is 5.82 Å². The average Bonchev–Trinajstić information content (AvgIpc) is 2.71. The van der Waals surface area contributed by atoms with Crippen molar-refractivity contribution in [2.75, 3.05) is 6.61 Å². The highest BCUT2D eigenvalue weighted by atomic mass is 19.4. The standard InChI is InChI=1S/C22H20F4N2O3/c1-12-3-4-15-10-28(13(2)11-29)8-7-16(15)19(12)21(31)27-20(30)14-5-6-17(18(23)9-14)22(24,25)26/h3-9,13,29H,10-11H2,1-2H3,(H,27,30,31)/t13-/m1/s1. The molecule has 2 N–H and O–H groups in total. The van der Waals surface area contributed by atoms with Crippen molar-refractivity contribution < 1.29 is 32.3 Å². The maximum atomic E-state index is 13.8. The SMILES string of the molecule is Cc1ccc2c(c1C(=O)NC(=O)c1ccc(C(F)(F)F)c(F)c1)C=CN([C@H](C)CO)C2. The normalized spacial score (nSPS) is 14.2. The molecule has 1 aliphatic heterocycles. The summed E-state index contributed by atoms with van der Waals surface area (Å²) in [6, 6.07) is 5.16. The number of fused-ring (bicyclic) bond motifs is 1. The molecule has 1 atom stereocenters. The molecule has 2 aromatic carbocycles. The molecule has 0 unspecified atom stereocenters. The Kier molecular flexibility index (Phi) is 6.17. The van der Waals surface area contributed by atoms with Gasteiger partial charge in [-0.2, -0.15) is 13.2 Å². The largest absolute Gasteiger partial charge is 0.419 e. The molecule has 1 heterocycles. The number of carbonyl (C=O) groups is 2. The third kappa shape index (κ3) is 4.61. The van der Waals surface area contributed by atoms with E-state index < -0.39 is 34.9 Å². The van der Waals surface area contributed by atoms with Gasteiger partial charge < -0.3 is 10.0 Å². The first-order valence-electron chi connectivity index (χ1n) is 9.42. The number of imide groups is 1. The Morgan fingerprint density at radius 3 is 2.52 bits per heavy atom. The lowest BCUT2D eigenvalue weighted by atomic mass is 9.93. The molecule has 1 aliphatic rings. The minimum atomic E-state index is -4.89. The summed E-state index contributed by atoms with van der Waals surface area (Å²) < 4.78 is 51.9. The first kappa shape index (κ1) is 22.5. The smallest absolute Gasteiger partial charge is 0.394 e. The summed E-state index contributed by atoms with van der Waals surface area (Å²) in [6.45, 7) is 3.94. The van der Waals surface area contributed by atoms with Crippen molar-refractivity contribution in [2.45, 2.75) is 32.6 Å². The van der Waals surface area contributed by atoms with Crippen LogP contribution < -0.4 is 5.32 Å². The Morgan fingerprint density at radius 1 is 1.19 bits per heavy atom. The number of aliphatic hydroxyl groups excluding tert-OH is 1. The van der Waals surface area contributed by atoms with E-state index in [1.54, 1.807) is 25.3 Å². The first-order chi connectivity index (χ1) is 14.5. The first-order valence-corrected chi connectivity index (χ1v) is 9.42. The maximum Gasteiger partial charge on any atom is 0.419 e. The Balaban J connectivity index is 1.85. The van der Waals surface area contributed by atoms with Crippen LogP contribution in [-0.4, -0.2) is 34.5 Å². The number of alkyl halides is 3. The topological polar surface area (TPSA) is 69.6 Å². The monoisotopic (exact) mass is 436 g/mol. The van der Waals surface area contributed by atoms with Gasteiger partial charge in [-0.05, 0) is 54.8 Å². The fourth-order valence-corrected chi connectivity index (χ4v) is 3.35. The molecular weight excluding hydrogens is 416 g/mol. The van der Waals surface area contributed by atoms with E-state index in [1.165, 1.54) is 0 Å². The summed E-state index contributed by atoms with van der Waals surface area (Å²) in [5.41, 5.74) is 0.355. The Morgan fingerprint density at radius 2 is 1.90 bits per heavy atom. The molecule has 31 heavy (non-hydrogen) atoms. The number of nitrogens with one attached hydrogen (secondary N) is 1. The molecule has 0 saturated heterocycles. The third-order valence-corrected chi connectivity index (χ3v) is 5.15. The van der Waals surface area contributed by atoms with E-state index >= 15 is 0 Å². The van der Waals surface area contributed by atoms with Gasteiger partial charge in [-0.3, -0.25) is 14.9 Å². The van der Waals surface area contributed by atoms with Gasteiger partial charge in [-0.25, -0.2) is 4.39 Å². The van der Waals surface area contributed by atoms with E-state index in [1.807, 2.05) is 17.9 Å². The van der Waals surface area contributed by atoms with Gasteiger partial charge in [0, 0.05) is 24.4 Å². The Labute approximate surface area is 176 Å². The van der Waals surface area contributed by atoms with Gasteiger partial charge in [0.25, 0.3) is 11.8 Å². The third-order valence-electron chi connectivity index (χ3n) is 5.15. The quantitative estimate of drug-likeness (QED) is 0.564. The molecule has 3 rings (SSSR count). The molecule has 2 aromatic rings. The van der Waals surface area contributed by atoms with Crippen LogP contribution in [0.1, 0.15) is 49.9 Å². The van der Waals surface area contributed by atoms with Gasteiger partial charge in [-0.1, -0.05) is 12.1 Å². The zero-order valence-corrected chi connectivity index (χ0v) is 16.8. The van der Waals surface area contributed by atoms with E-state index in [0.717, 1.165) is 11.6 Å². The number of amides is 2. The number of nitrogens with zero attached hydrogens (tertiary/aromatic N) is 1. The van der Waals surface area contributed by atoms with Crippen LogP contribution in [0.15, 0.2) is 36.5 Å². The molecule has 9 heteroatoms. The second-order valence-electron chi connectivity index (χ2n) is 7.33. The zero-order valence-electron chi connectivity index (χ0n) is 16.8. The van der Waals surface area contributed by atoms with E-state index in [0.29, 0.717) is 29.8 Å². The zero-order chi connectivity index (χ0) is 22.9. The van der Waals surface area contributed by atoms with Crippen molar-refractivity contribution >= 4 is 17.9 Å². The lowest BCUT2D eigenvalue weighted by molar-refractivity contribution is -0.140. The predicted octanol–water partition coefficient (Wildman–Crippen LogP) is 3.89. The maximum absolute atomic E-state index is 13.8. The van der Waals surface area contributed by atoms with Crippen LogP contribution in [0.2, 0.25) is 0 Å². The molecule has 0 fully saturated rings. The predicted molar refractivity (Wildman–Crippen MR) is 106 cm³/mol. The molecule has 5 nitrogen and oxygen atoms in total. The molecular formula is C22H20F4N2O3. The Bertz CT molecular complexity index is 1060. The molecule has 0 saturated carbocycles. The van der Waals surface area contributed by atoms with Crippen LogP contribution in [0.25, 0.3) is 6.08 Å². The van der Waals surface area contributed by atoms with Crippen LogP contribution in [0.3, 0.4) is 0 Å². The number of aliphatic hydroxyl groups is 1. The van der Waals surface area contributed by atoms with E-state index in [9.17, 15) is 32.3 Å². The number of hydrogen-bond acceptors (Lipinski definition) is 4. The van der Waals surface area contributed by atoms with Crippen molar-refractivity contribution in [2.24, 2.45) is 0 Å². The van der Waals surface area contributed by atoms with Crippen molar-refractivity contribution in [3.8, 4) is 0 Å². The molecule has 0 aromatic heterocycles. The van der Waals surface area contributed by atoms with Crippen LogP contribution in [0.4, 0.5) is 17.6 Å². The molecule has 0 spiro atoms. The fraction of sp³-hybridized carbons (Fsp3) is 0.273. The average molecular weight is 436 g/mol. The summed E-state index contributed by atoms with van der Waals surface area (Å²) in [5, 5.41) is 11.5. The number of benzene rings is 2. The molecule has 164 valence electrons. The lowest BCUT2D eigenvalue weighted by Gasteiger charge is -2.31. The summed E-state index contributed by atoms with van der Waals surface area (Å²) in [6.07, 6.45) is -1.44. The highest BCUT2D eigenvalue weighted by Gasteiger charge is 2.34. The van der Waals surface area contributed by atoms with Gasteiger partial charge >= 0.3 is 6.18 Å². The fourth-order valence-electron chi connectivity index (χ4n) is 3.35. The van der Waals surface area contributed by atoms with Crippen LogP contribution in [0.5, 0.6) is 0 Å². The van der Waals surface area contributed by atoms with Crippen molar-refractivity contribution in [1.29, 1.82) is 0 Å². The van der Waals surface area contributed by atoms with Crippen LogP contribution in [0, 0.1) is 12.7 Å². The number of carbonyl (C=O) groups excluding carboxylic acids is 2. The van der Waals surface area contributed by atoms with E-state index in [4.69, 9.17) is 0 Å². The lowest BCUT2D eigenvalue weighted by Crippen LogP contribution is -2.34. The van der Waals surface area contributed by atoms with Crippen molar-refractivity contribution in [3.05, 3.63) is 75.7 Å². The van der Waals surface area contributed by atoms with Crippen LogP contribution in [-0.2, 0) is 12.7 Å².